The summed E-state index contributed by atoms with van der Waals surface area (Å²) in [7, 11) is 0. The van der Waals surface area contributed by atoms with E-state index < -0.39 is 0 Å². The summed E-state index contributed by atoms with van der Waals surface area (Å²) >= 11 is 6.11. The number of rotatable bonds is 8. The minimum Gasteiger partial charge on any atom is -0.371 e. The number of nitrogens with one attached hydrogen (secondary N) is 2. The molecule has 33 heavy (non-hydrogen) atoms. The van der Waals surface area contributed by atoms with Crippen LogP contribution in [-0.4, -0.2) is 80.5 Å². The van der Waals surface area contributed by atoms with Crippen LogP contribution in [0.15, 0.2) is 54.6 Å². The van der Waals surface area contributed by atoms with Crippen molar-refractivity contribution in [2.24, 2.45) is 5.92 Å². The van der Waals surface area contributed by atoms with Crippen LogP contribution < -0.4 is 15.5 Å². The van der Waals surface area contributed by atoms with Crippen LogP contribution in [0.1, 0.15) is 6.42 Å². The number of halogens is 1. The van der Waals surface area contributed by atoms with Gasteiger partial charge in [-0.1, -0.05) is 41.9 Å². The molecule has 2 N–H and O–H groups in total. The maximum absolute atomic E-state index is 12.5. The van der Waals surface area contributed by atoms with Crippen LogP contribution in [0, 0.1) is 5.92 Å². The lowest BCUT2D eigenvalue weighted by atomic mass is 10.1. The number of amides is 2. The largest absolute Gasteiger partial charge is 0.371 e. The zero-order valence-corrected chi connectivity index (χ0v) is 19.6. The Morgan fingerprint density at radius 3 is 2.18 bits per heavy atom. The minimum atomic E-state index is -0.0737. The minimum absolute atomic E-state index is 0.0737. The Balaban J connectivity index is 1.11. The molecule has 0 bridgehead atoms. The molecule has 8 heteroatoms. The predicted octanol–water partition coefficient (Wildman–Crippen LogP) is 2.54. The molecule has 2 aromatic carbocycles. The van der Waals surface area contributed by atoms with Gasteiger partial charge in [0.25, 0.3) is 0 Å². The topological polar surface area (TPSA) is 67.9 Å². The van der Waals surface area contributed by atoms with E-state index in [1.165, 1.54) is 5.69 Å². The second-order valence-corrected chi connectivity index (χ2v) is 9.23. The normalized spacial score (nSPS) is 19.4. The molecule has 0 aromatic heterocycles. The highest BCUT2D eigenvalue weighted by molar-refractivity contribution is 6.33. The molecule has 1 atom stereocenters. The first kappa shape index (κ1) is 23.5. The molecular weight excluding hydrogens is 438 g/mol. The monoisotopic (exact) mass is 469 g/mol. The summed E-state index contributed by atoms with van der Waals surface area (Å²) in [4.78, 5) is 31.4. The Kier molecular flexibility index (Phi) is 8.20. The van der Waals surface area contributed by atoms with Crippen LogP contribution in [0.3, 0.4) is 0 Å². The molecule has 1 unspecified atom stereocenters. The standard InChI is InChI=1S/C25H32ClN5O2/c26-22-8-4-5-9-23(22)28-25(33)19-30-14-12-29(13-15-30)18-24(32)27-16-20-10-11-31(17-20)21-6-2-1-3-7-21/h1-9,20H,10-19H2,(H,27,32)(H,28,33). The summed E-state index contributed by atoms with van der Waals surface area (Å²) in [6.45, 7) is 6.56. The zero-order valence-electron chi connectivity index (χ0n) is 18.9. The van der Waals surface area contributed by atoms with Gasteiger partial charge in [-0.3, -0.25) is 19.4 Å². The first-order valence-corrected chi connectivity index (χ1v) is 12.0. The van der Waals surface area contributed by atoms with Crippen molar-refractivity contribution in [2.75, 3.05) is 69.1 Å². The highest BCUT2D eigenvalue weighted by Gasteiger charge is 2.24. The number of hydrogen-bond donors (Lipinski definition) is 2. The number of nitrogens with zero attached hydrogens (tertiary/aromatic N) is 3. The number of piperazine rings is 1. The fourth-order valence-electron chi connectivity index (χ4n) is 4.45. The molecule has 2 aromatic rings. The average Bonchev–Trinajstić information content (AvgIpc) is 3.30. The highest BCUT2D eigenvalue weighted by atomic mass is 35.5. The molecule has 2 amide bonds. The number of carbonyl (C=O) groups is 2. The number of para-hydroxylation sites is 2. The lowest BCUT2D eigenvalue weighted by molar-refractivity contribution is -0.123. The van der Waals surface area contributed by atoms with Crippen molar-refractivity contribution in [2.45, 2.75) is 6.42 Å². The SMILES string of the molecule is O=C(CN1CCN(CC(=O)Nc2ccccc2Cl)CC1)NCC1CCN(c2ccccc2)C1. The van der Waals surface area contributed by atoms with Gasteiger partial charge in [0.1, 0.15) is 0 Å². The molecule has 0 radical (unpaired) electrons. The predicted molar refractivity (Wildman–Crippen MR) is 133 cm³/mol. The van der Waals surface area contributed by atoms with Gasteiger partial charge >= 0.3 is 0 Å². The summed E-state index contributed by atoms with van der Waals surface area (Å²) in [6.07, 6.45) is 1.10. The van der Waals surface area contributed by atoms with E-state index in [4.69, 9.17) is 11.6 Å². The maximum Gasteiger partial charge on any atom is 0.238 e. The van der Waals surface area contributed by atoms with Crippen molar-refractivity contribution in [3.63, 3.8) is 0 Å². The van der Waals surface area contributed by atoms with Gasteiger partial charge in [-0.05, 0) is 36.6 Å². The van der Waals surface area contributed by atoms with Crippen molar-refractivity contribution in [1.82, 2.24) is 15.1 Å². The molecule has 0 aliphatic carbocycles. The molecule has 2 saturated heterocycles. The molecular formula is C25H32ClN5O2. The molecule has 2 aliphatic rings. The van der Waals surface area contributed by atoms with E-state index >= 15 is 0 Å². The van der Waals surface area contributed by atoms with E-state index in [0.717, 1.165) is 52.2 Å². The molecule has 4 rings (SSSR count). The van der Waals surface area contributed by atoms with Crippen molar-refractivity contribution < 1.29 is 9.59 Å². The Hall–Kier alpha value is -2.61. The quantitative estimate of drug-likeness (QED) is 0.622. The van der Waals surface area contributed by atoms with E-state index in [0.29, 0.717) is 29.7 Å². The lowest BCUT2D eigenvalue weighted by Crippen LogP contribution is -2.51. The van der Waals surface area contributed by atoms with E-state index in [2.05, 4.69) is 49.6 Å². The number of anilines is 2. The number of carbonyl (C=O) groups excluding carboxylic acids is 2. The van der Waals surface area contributed by atoms with Crippen molar-refractivity contribution in [1.29, 1.82) is 0 Å². The second-order valence-electron chi connectivity index (χ2n) is 8.82. The lowest BCUT2D eigenvalue weighted by Gasteiger charge is -2.33. The van der Waals surface area contributed by atoms with Gasteiger partial charge < -0.3 is 15.5 Å². The van der Waals surface area contributed by atoms with Crippen LogP contribution in [0.5, 0.6) is 0 Å². The Morgan fingerprint density at radius 2 is 1.48 bits per heavy atom. The van der Waals surface area contributed by atoms with Gasteiger partial charge in [0.15, 0.2) is 0 Å². The van der Waals surface area contributed by atoms with Gasteiger partial charge in [-0.15, -0.1) is 0 Å². The van der Waals surface area contributed by atoms with Crippen LogP contribution >= 0.6 is 11.6 Å². The third-order valence-corrected chi connectivity index (χ3v) is 6.67. The summed E-state index contributed by atoms with van der Waals surface area (Å²) in [5.41, 5.74) is 1.89. The highest BCUT2D eigenvalue weighted by Crippen LogP contribution is 2.23. The molecule has 176 valence electrons. The third kappa shape index (κ3) is 6.93. The summed E-state index contributed by atoms with van der Waals surface area (Å²) < 4.78 is 0. The number of hydrogen-bond acceptors (Lipinski definition) is 5. The Bertz CT molecular complexity index is 933. The van der Waals surface area contributed by atoms with Crippen LogP contribution in [0.2, 0.25) is 5.02 Å². The maximum atomic E-state index is 12.5. The van der Waals surface area contributed by atoms with Crippen LogP contribution in [0.4, 0.5) is 11.4 Å². The van der Waals surface area contributed by atoms with Gasteiger partial charge in [0, 0.05) is 51.5 Å². The smallest absolute Gasteiger partial charge is 0.238 e. The molecule has 7 nitrogen and oxygen atoms in total. The van der Waals surface area contributed by atoms with Crippen LogP contribution in [-0.2, 0) is 9.59 Å². The molecule has 0 saturated carbocycles. The van der Waals surface area contributed by atoms with Gasteiger partial charge in [-0.2, -0.15) is 0 Å². The zero-order chi connectivity index (χ0) is 23.0. The first-order valence-electron chi connectivity index (χ1n) is 11.6. The summed E-state index contributed by atoms with van der Waals surface area (Å²) in [5.74, 6) is 0.496. The Morgan fingerprint density at radius 1 is 0.848 bits per heavy atom. The van der Waals surface area contributed by atoms with Crippen molar-refractivity contribution in [3.8, 4) is 0 Å². The van der Waals surface area contributed by atoms with E-state index in [1.807, 2.05) is 18.2 Å². The Labute approximate surface area is 200 Å². The average molecular weight is 470 g/mol. The fourth-order valence-corrected chi connectivity index (χ4v) is 4.63. The van der Waals surface area contributed by atoms with Gasteiger partial charge in [-0.25, -0.2) is 0 Å². The summed E-state index contributed by atoms with van der Waals surface area (Å²) in [5, 5.41) is 6.52. The van der Waals surface area contributed by atoms with Gasteiger partial charge in [0.2, 0.25) is 11.8 Å². The molecule has 0 spiro atoms. The molecule has 2 aliphatic heterocycles. The first-order chi connectivity index (χ1) is 16.1. The summed E-state index contributed by atoms with van der Waals surface area (Å²) in [6, 6.07) is 17.7. The van der Waals surface area contributed by atoms with E-state index in [1.54, 1.807) is 12.1 Å². The number of benzene rings is 2. The van der Waals surface area contributed by atoms with Crippen LogP contribution in [0.25, 0.3) is 0 Å². The van der Waals surface area contributed by atoms with E-state index in [9.17, 15) is 9.59 Å². The van der Waals surface area contributed by atoms with Crippen molar-refractivity contribution in [3.05, 3.63) is 59.6 Å². The van der Waals surface area contributed by atoms with Gasteiger partial charge in [0.05, 0.1) is 23.8 Å². The van der Waals surface area contributed by atoms with E-state index in [-0.39, 0.29) is 11.8 Å². The third-order valence-electron chi connectivity index (χ3n) is 6.34. The molecule has 2 heterocycles. The van der Waals surface area contributed by atoms with Crippen molar-refractivity contribution >= 4 is 34.8 Å². The molecule has 2 fully saturated rings. The second kappa shape index (κ2) is 11.5. The fraction of sp³-hybridized carbons (Fsp3) is 0.440.